The third-order valence-electron chi connectivity index (χ3n) is 4.45. The minimum atomic E-state index is -0.216. The molecule has 0 atom stereocenters. The van der Waals surface area contributed by atoms with E-state index in [0.29, 0.717) is 22.9 Å². The Morgan fingerprint density at radius 1 is 1.00 bits per heavy atom. The maximum atomic E-state index is 12.6. The molecule has 0 aliphatic carbocycles. The molecule has 0 saturated carbocycles. The standard InChI is InChI=1S/C22H20N4O2S/c27-21-19(11-18-12-23-16-24-13-18)14-26(9-8-17-5-2-1-3-6-17)22(25-21)29-15-20-7-4-10-28-20/h1-7,10,12-14,16H,8-9,11,15H2. The van der Waals surface area contributed by atoms with Crippen LogP contribution < -0.4 is 5.56 Å². The molecule has 0 aliphatic heterocycles. The first-order valence-electron chi connectivity index (χ1n) is 9.31. The Hall–Kier alpha value is -3.19. The highest BCUT2D eigenvalue weighted by molar-refractivity contribution is 7.98. The number of aryl methyl sites for hydroxylation is 2. The first kappa shape index (κ1) is 19.1. The summed E-state index contributed by atoms with van der Waals surface area (Å²) >= 11 is 1.50. The molecular formula is C22H20N4O2S. The second kappa shape index (κ2) is 9.34. The van der Waals surface area contributed by atoms with E-state index in [1.54, 1.807) is 18.7 Å². The Morgan fingerprint density at radius 3 is 2.59 bits per heavy atom. The van der Waals surface area contributed by atoms with E-state index in [0.717, 1.165) is 24.3 Å². The predicted molar refractivity (Wildman–Crippen MR) is 112 cm³/mol. The lowest BCUT2D eigenvalue weighted by Gasteiger charge is -2.13. The van der Waals surface area contributed by atoms with Crippen LogP contribution in [0.2, 0.25) is 0 Å². The molecule has 0 spiro atoms. The van der Waals surface area contributed by atoms with E-state index in [4.69, 9.17) is 4.42 Å². The number of hydrogen-bond donors (Lipinski definition) is 0. The number of aromatic nitrogens is 4. The van der Waals surface area contributed by atoms with E-state index in [1.807, 2.05) is 36.5 Å². The van der Waals surface area contributed by atoms with Gasteiger partial charge in [0, 0.05) is 37.1 Å². The first-order chi connectivity index (χ1) is 14.3. The van der Waals surface area contributed by atoms with Crippen LogP contribution in [0.1, 0.15) is 22.5 Å². The van der Waals surface area contributed by atoms with E-state index < -0.39 is 0 Å². The van der Waals surface area contributed by atoms with Crippen LogP contribution in [0, 0.1) is 0 Å². The molecule has 29 heavy (non-hydrogen) atoms. The van der Waals surface area contributed by atoms with Crippen molar-refractivity contribution in [2.75, 3.05) is 0 Å². The monoisotopic (exact) mass is 404 g/mol. The lowest BCUT2D eigenvalue weighted by atomic mass is 10.1. The van der Waals surface area contributed by atoms with Crippen LogP contribution in [0.15, 0.2) is 88.0 Å². The second-order valence-electron chi connectivity index (χ2n) is 6.57. The maximum Gasteiger partial charge on any atom is 0.277 e. The summed E-state index contributed by atoms with van der Waals surface area (Å²) in [4.78, 5) is 25.1. The van der Waals surface area contributed by atoms with Crippen LogP contribution in [0.25, 0.3) is 0 Å². The van der Waals surface area contributed by atoms with Crippen molar-refractivity contribution in [2.45, 2.75) is 30.3 Å². The fraction of sp³-hybridized carbons (Fsp3) is 0.182. The van der Waals surface area contributed by atoms with Crippen molar-refractivity contribution < 1.29 is 4.42 Å². The van der Waals surface area contributed by atoms with Gasteiger partial charge in [-0.05, 0) is 29.7 Å². The number of nitrogens with zero attached hydrogens (tertiary/aromatic N) is 4. The second-order valence-corrected chi connectivity index (χ2v) is 7.52. The van der Waals surface area contributed by atoms with E-state index in [1.165, 1.54) is 23.7 Å². The Bertz CT molecular complexity index is 1100. The zero-order chi connectivity index (χ0) is 19.9. The van der Waals surface area contributed by atoms with Gasteiger partial charge in [0.05, 0.1) is 12.0 Å². The average molecular weight is 404 g/mol. The molecule has 0 saturated heterocycles. The Morgan fingerprint density at radius 2 is 1.83 bits per heavy atom. The summed E-state index contributed by atoms with van der Waals surface area (Å²) in [5.41, 5.74) is 2.55. The van der Waals surface area contributed by atoms with Crippen LogP contribution in [0.5, 0.6) is 0 Å². The first-order valence-corrected chi connectivity index (χ1v) is 10.3. The molecule has 1 aromatic carbocycles. The summed E-state index contributed by atoms with van der Waals surface area (Å²) in [5.74, 6) is 1.47. The van der Waals surface area contributed by atoms with E-state index in [2.05, 4.69) is 31.7 Å². The molecular weight excluding hydrogens is 384 g/mol. The van der Waals surface area contributed by atoms with E-state index >= 15 is 0 Å². The summed E-state index contributed by atoms with van der Waals surface area (Å²) in [7, 11) is 0. The van der Waals surface area contributed by atoms with Crippen LogP contribution in [-0.4, -0.2) is 19.5 Å². The summed E-state index contributed by atoms with van der Waals surface area (Å²) in [6, 6.07) is 14.1. The van der Waals surface area contributed by atoms with Crippen molar-refractivity contribution >= 4 is 11.8 Å². The van der Waals surface area contributed by atoms with Crippen LogP contribution in [0.3, 0.4) is 0 Å². The van der Waals surface area contributed by atoms with Crippen molar-refractivity contribution in [3.63, 3.8) is 0 Å². The minimum Gasteiger partial charge on any atom is -0.468 e. The molecule has 0 bridgehead atoms. The zero-order valence-electron chi connectivity index (χ0n) is 15.8. The van der Waals surface area contributed by atoms with Crippen molar-refractivity contribution in [2.24, 2.45) is 0 Å². The van der Waals surface area contributed by atoms with Gasteiger partial charge in [0.1, 0.15) is 12.1 Å². The smallest absolute Gasteiger partial charge is 0.277 e. The normalized spacial score (nSPS) is 10.9. The van der Waals surface area contributed by atoms with Crippen molar-refractivity contribution in [1.82, 2.24) is 19.5 Å². The highest BCUT2D eigenvalue weighted by Gasteiger charge is 2.11. The highest BCUT2D eigenvalue weighted by Crippen LogP contribution is 2.21. The van der Waals surface area contributed by atoms with Gasteiger partial charge < -0.3 is 8.98 Å². The maximum absolute atomic E-state index is 12.6. The molecule has 0 unspecified atom stereocenters. The van der Waals surface area contributed by atoms with E-state index in [-0.39, 0.29) is 5.56 Å². The molecule has 0 fully saturated rings. The fourth-order valence-electron chi connectivity index (χ4n) is 2.98. The molecule has 6 nitrogen and oxygen atoms in total. The van der Waals surface area contributed by atoms with Crippen molar-refractivity contribution in [3.05, 3.63) is 106 Å². The topological polar surface area (TPSA) is 73.8 Å². The van der Waals surface area contributed by atoms with Crippen molar-refractivity contribution in [1.29, 1.82) is 0 Å². The van der Waals surface area contributed by atoms with Gasteiger partial charge >= 0.3 is 0 Å². The summed E-state index contributed by atoms with van der Waals surface area (Å²) in [5, 5.41) is 0.690. The molecule has 4 rings (SSSR count). The Labute approximate surface area is 172 Å². The predicted octanol–water partition coefficient (Wildman–Crippen LogP) is 3.75. The molecule has 3 heterocycles. The molecule has 146 valence electrons. The third kappa shape index (κ3) is 5.20. The van der Waals surface area contributed by atoms with Crippen LogP contribution in [0.4, 0.5) is 0 Å². The number of benzene rings is 1. The molecule has 0 N–H and O–H groups in total. The molecule has 0 radical (unpaired) electrons. The van der Waals surface area contributed by atoms with Gasteiger partial charge in [0.25, 0.3) is 5.56 Å². The largest absolute Gasteiger partial charge is 0.468 e. The quantitative estimate of drug-likeness (QED) is 0.329. The fourth-order valence-corrected chi connectivity index (χ4v) is 3.88. The van der Waals surface area contributed by atoms with E-state index in [9.17, 15) is 4.79 Å². The van der Waals surface area contributed by atoms with Gasteiger partial charge in [0.15, 0.2) is 5.16 Å². The molecule has 0 amide bonds. The van der Waals surface area contributed by atoms with Gasteiger partial charge in [-0.1, -0.05) is 42.1 Å². The van der Waals surface area contributed by atoms with Gasteiger partial charge in [-0.2, -0.15) is 4.98 Å². The Kier molecular flexibility index (Phi) is 6.16. The lowest BCUT2D eigenvalue weighted by molar-refractivity contribution is 0.529. The summed E-state index contributed by atoms with van der Waals surface area (Å²) in [6.07, 6.45) is 9.80. The number of thioether (sulfide) groups is 1. The molecule has 0 aliphatic rings. The SMILES string of the molecule is O=c1nc(SCc2ccco2)n(CCc2ccccc2)cc1Cc1cncnc1. The summed E-state index contributed by atoms with van der Waals surface area (Å²) < 4.78 is 7.46. The van der Waals surface area contributed by atoms with Crippen LogP contribution in [-0.2, 0) is 25.1 Å². The van der Waals surface area contributed by atoms with Crippen molar-refractivity contribution in [3.8, 4) is 0 Å². The van der Waals surface area contributed by atoms with Gasteiger partial charge in [-0.3, -0.25) is 4.79 Å². The molecule has 7 heteroatoms. The number of rotatable bonds is 8. The third-order valence-corrected chi connectivity index (χ3v) is 5.46. The highest BCUT2D eigenvalue weighted by atomic mass is 32.2. The van der Waals surface area contributed by atoms with Gasteiger partial charge in [0.2, 0.25) is 0 Å². The molecule has 4 aromatic rings. The molecule has 3 aromatic heterocycles. The lowest BCUT2D eigenvalue weighted by Crippen LogP contribution is -2.20. The zero-order valence-corrected chi connectivity index (χ0v) is 16.6. The van der Waals surface area contributed by atoms with Crippen LogP contribution >= 0.6 is 11.8 Å². The van der Waals surface area contributed by atoms with Gasteiger partial charge in [-0.25, -0.2) is 9.97 Å². The Balaban J connectivity index is 1.59. The average Bonchev–Trinajstić information content (AvgIpc) is 3.28. The number of furan rings is 1. The number of hydrogen-bond acceptors (Lipinski definition) is 6. The van der Waals surface area contributed by atoms with Gasteiger partial charge in [-0.15, -0.1) is 0 Å². The summed E-state index contributed by atoms with van der Waals surface area (Å²) in [6.45, 7) is 0.732. The minimum absolute atomic E-state index is 0.216.